The highest BCUT2D eigenvalue weighted by Gasteiger charge is 2.11. The van der Waals surface area contributed by atoms with Crippen molar-refractivity contribution in [3.63, 3.8) is 0 Å². The van der Waals surface area contributed by atoms with Gasteiger partial charge in [0.15, 0.2) is 11.5 Å². The number of hydrogen-bond donors (Lipinski definition) is 0. The third kappa shape index (κ3) is 5.13. The molecule has 1 rings (SSSR count). The fraction of sp³-hybridized carbons (Fsp3) is 0.467. The zero-order chi connectivity index (χ0) is 14.6. The van der Waals surface area contributed by atoms with Crippen LogP contribution in [0.15, 0.2) is 18.7 Å². The van der Waals surface area contributed by atoms with Crippen LogP contribution in [0.4, 0.5) is 0 Å². The van der Waals surface area contributed by atoms with E-state index >= 15 is 0 Å². The van der Waals surface area contributed by atoms with Crippen molar-refractivity contribution in [1.82, 2.24) is 0 Å². The first kappa shape index (κ1) is 18.7. The molecule has 1 aromatic carbocycles. The van der Waals surface area contributed by atoms with E-state index in [0.29, 0.717) is 17.2 Å². The Bertz CT molecular complexity index is 308. The minimum Gasteiger partial charge on any atom is -0.493 e. The van der Waals surface area contributed by atoms with Gasteiger partial charge in [-0.05, 0) is 17.7 Å². The number of rotatable bonds is 4. The second-order valence-corrected chi connectivity index (χ2v) is 2.66. The average Bonchev–Trinajstić information content (AvgIpc) is 2.49. The molecule has 0 unspecified atom stereocenters. The van der Waals surface area contributed by atoms with Gasteiger partial charge in [0, 0.05) is 0 Å². The lowest BCUT2D eigenvalue weighted by atomic mass is 10.2. The number of methoxy groups -OCH3 is 3. The van der Waals surface area contributed by atoms with E-state index in [2.05, 4.69) is 6.58 Å². The first-order chi connectivity index (χ1) is 8.76. The van der Waals surface area contributed by atoms with Crippen molar-refractivity contribution in [3.05, 3.63) is 24.3 Å². The van der Waals surface area contributed by atoms with E-state index in [1.807, 2.05) is 39.8 Å². The zero-order valence-corrected chi connectivity index (χ0v) is 12.7. The summed E-state index contributed by atoms with van der Waals surface area (Å²) >= 11 is 0. The summed E-state index contributed by atoms with van der Waals surface area (Å²) in [5.41, 5.74) is 0.930. The highest BCUT2D eigenvalue weighted by atomic mass is 16.5. The molecular weight excluding hydrogens is 228 g/mol. The molecule has 0 heterocycles. The Hall–Kier alpha value is -1.64. The molecule has 0 aromatic heterocycles. The van der Waals surface area contributed by atoms with E-state index in [4.69, 9.17) is 14.2 Å². The van der Waals surface area contributed by atoms with Crippen molar-refractivity contribution in [1.29, 1.82) is 0 Å². The molecule has 1 aromatic rings. The zero-order valence-electron chi connectivity index (χ0n) is 12.7. The van der Waals surface area contributed by atoms with E-state index in [9.17, 15) is 0 Å². The summed E-state index contributed by atoms with van der Waals surface area (Å²) in [7, 11) is 4.75. The van der Waals surface area contributed by atoms with Crippen molar-refractivity contribution < 1.29 is 14.2 Å². The molecule has 3 heteroatoms. The van der Waals surface area contributed by atoms with Gasteiger partial charge in [-0.25, -0.2) is 0 Å². The Kier molecular flexibility index (Phi) is 12.3. The number of benzene rings is 1. The number of ether oxygens (including phenoxy) is 3. The second-order valence-electron chi connectivity index (χ2n) is 2.66. The molecule has 0 N–H and O–H groups in total. The molecule has 0 aliphatic rings. The summed E-state index contributed by atoms with van der Waals surface area (Å²) in [6.45, 7) is 11.7. The fourth-order valence-electron chi connectivity index (χ4n) is 1.22. The maximum Gasteiger partial charge on any atom is 0.203 e. The summed E-state index contributed by atoms with van der Waals surface area (Å²) in [4.78, 5) is 0. The summed E-state index contributed by atoms with van der Waals surface area (Å²) in [5.74, 6) is 1.88. The first-order valence-electron chi connectivity index (χ1n) is 6.19. The van der Waals surface area contributed by atoms with Gasteiger partial charge in [-0.3, -0.25) is 0 Å². The fourth-order valence-corrected chi connectivity index (χ4v) is 1.22. The first-order valence-corrected chi connectivity index (χ1v) is 6.19. The highest BCUT2D eigenvalue weighted by molar-refractivity contribution is 5.61. The minimum absolute atomic E-state index is 0.598. The molecule has 0 atom stereocenters. The SMILES string of the molecule is C=Cc1cc(OC)c(OC)c(OC)c1.CC.CC. The molecule has 0 amide bonds. The Balaban J connectivity index is 0. The Morgan fingerprint density at radius 2 is 1.22 bits per heavy atom. The van der Waals surface area contributed by atoms with E-state index in [0.717, 1.165) is 5.56 Å². The maximum absolute atomic E-state index is 5.17. The third-order valence-electron chi connectivity index (χ3n) is 1.92. The van der Waals surface area contributed by atoms with E-state index in [1.165, 1.54) is 0 Å². The Labute approximate surface area is 111 Å². The van der Waals surface area contributed by atoms with Gasteiger partial charge in [0.25, 0.3) is 0 Å². The predicted molar refractivity (Wildman–Crippen MR) is 78.9 cm³/mol. The van der Waals surface area contributed by atoms with Crippen molar-refractivity contribution in [2.24, 2.45) is 0 Å². The van der Waals surface area contributed by atoms with Crippen LogP contribution in [0.5, 0.6) is 17.2 Å². The van der Waals surface area contributed by atoms with Gasteiger partial charge in [-0.2, -0.15) is 0 Å². The second kappa shape index (κ2) is 11.8. The molecule has 104 valence electrons. The van der Waals surface area contributed by atoms with Crippen LogP contribution < -0.4 is 14.2 Å². The highest BCUT2D eigenvalue weighted by Crippen LogP contribution is 2.38. The third-order valence-corrected chi connectivity index (χ3v) is 1.92. The van der Waals surface area contributed by atoms with Crippen LogP contribution in [-0.4, -0.2) is 21.3 Å². The van der Waals surface area contributed by atoms with Crippen LogP contribution in [0, 0.1) is 0 Å². The van der Waals surface area contributed by atoms with Crippen LogP contribution in [0.1, 0.15) is 33.3 Å². The molecule has 3 nitrogen and oxygen atoms in total. The lowest BCUT2D eigenvalue weighted by molar-refractivity contribution is 0.324. The summed E-state index contributed by atoms with van der Waals surface area (Å²) < 4.78 is 15.5. The summed E-state index contributed by atoms with van der Waals surface area (Å²) in [6, 6.07) is 3.68. The van der Waals surface area contributed by atoms with Crippen molar-refractivity contribution >= 4 is 6.08 Å². The van der Waals surface area contributed by atoms with Gasteiger partial charge in [0.05, 0.1) is 21.3 Å². The van der Waals surface area contributed by atoms with Crippen molar-refractivity contribution in [3.8, 4) is 17.2 Å². The van der Waals surface area contributed by atoms with Gasteiger partial charge in [0.1, 0.15) is 0 Å². The molecule has 0 saturated heterocycles. The molecule has 0 fully saturated rings. The standard InChI is InChI=1S/C11H14O3.2C2H6/c1-5-8-6-9(12-2)11(14-4)10(7-8)13-3;2*1-2/h5-7H,1H2,2-4H3;2*1-2H3. The summed E-state index contributed by atoms with van der Waals surface area (Å²) in [6.07, 6.45) is 1.73. The van der Waals surface area contributed by atoms with E-state index < -0.39 is 0 Å². The number of hydrogen-bond acceptors (Lipinski definition) is 3. The van der Waals surface area contributed by atoms with Gasteiger partial charge >= 0.3 is 0 Å². The van der Waals surface area contributed by atoms with Gasteiger partial charge in [-0.15, -0.1) is 0 Å². The maximum atomic E-state index is 5.17. The molecule has 0 radical (unpaired) electrons. The predicted octanol–water partition coefficient (Wildman–Crippen LogP) is 4.41. The average molecular weight is 254 g/mol. The minimum atomic E-state index is 0.598. The molecule has 0 aliphatic carbocycles. The van der Waals surface area contributed by atoms with Gasteiger partial charge in [-0.1, -0.05) is 40.3 Å². The molecule has 18 heavy (non-hydrogen) atoms. The molecule has 0 spiro atoms. The summed E-state index contributed by atoms with van der Waals surface area (Å²) in [5, 5.41) is 0. The Morgan fingerprint density at radius 3 is 1.44 bits per heavy atom. The lowest BCUT2D eigenvalue weighted by Crippen LogP contribution is -1.95. The van der Waals surface area contributed by atoms with Crippen LogP contribution in [0.25, 0.3) is 6.08 Å². The van der Waals surface area contributed by atoms with Crippen LogP contribution in [0.2, 0.25) is 0 Å². The normalized spacial score (nSPS) is 7.94. The van der Waals surface area contributed by atoms with Crippen LogP contribution in [-0.2, 0) is 0 Å². The quantitative estimate of drug-likeness (QED) is 0.796. The smallest absolute Gasteiger partial charge is 0.203 e. The van der Waals surface area contributed by atoms with Gasteiger partial charge < -0.3 is 14.2 Å². The monoisotopic (exact) mass is 254 g/mol. The van der Waals surface area contributed by atoms with Gasteiger partial charge in [0.2, 0.25) is 5.75 Å². The lowest BCUT2D eigenvalue weighted by Gasteiger charge is -2.12. The molecule has 0 saturated carbocycles. The molecule has 0 bridgehead atoms. The molecular formula is C15H26O3. The van der Waals surface area contributed by atoms with Crippen LogP contribution >= 0.6 is 0 Å². The van der Waals surface area contributed by atoms with Crippen molar-refractivity contribution in [2.45, 2.75) is 27.7 Å². The van der Waals surface area contributed by atoms with Crippen molar-refractivity contribution in [2.75, 3.05) is 21.3 Å². The van der Waals surface area contributed by atoms with Crippen LogP contribution in [0.3, 0.4) is 0 Å². The topological polar surface area (TPSA) is 27.7 Å². The molecule has 0 aliphatic heterocycles. The van der Waals surface area contributed by atoms with E-state index in [-0.39, 0.29) is 0 Å². The van der Waals surface area contributed by atoms with E-state index in [1.54, 1.807) is 27.4 Å². The largest absolute Gasteiger partial charge is 0.493 e. The Morgan fingerprint density at radius 1 is 0.833 bits per heavy atom.